The van der Waals surface area contributed by atoms with E-state index >= 15 is 0 Å². The van der Waals surface area contributed by atoms with E-state index in [-0.39, 0.29) is 41.5 Å². The van der Waals surface area contributed by atoms with Gasteiger partial charge in [-0.1, -0.05) is 0 Å². The zero-order valence-corrected chi connectivity index (χ0v) is 21.8. The maximum Gasteiger partial charge on any atom is 0.424 e. The Balaban J connectivity index is 2.05. The summed E-state index contributed by atoms with van der Waals surface area (Å²) in [7, 11) is 1.26. The van der Waals surface area contributed by atoms with E-state index < -0.39 is 53.3 Å². The largest absolute Gasteiger partial charge is 0.493 e. The third-order valence-corrected chi connectivity index (χ3v) is 6.21. The number of amides is 1. The molecule has 0 fully saturated rings. The van der Waals surface area contributed by atoms with Crippen molar-refractivity contribution in [2.24, 2.45) is 5.73 Å². The van der Waals surface area contributed by atoms with Gasteiger partial charge in [-0.2, -0.15) is 13.2 Å². The maximum atomic E-state index is 14.4. The Bertz CT molecular complexity index is 1370. The third kappa shape index (κ3) is 6.89. The van der Waals surface area contributed by atoms with Gasteiger partial charge in [-0.25, -0.2) is 18.2 Å². The zero-order chi connectivity index (χ0) is 30.6. The molecule has 3 aromatic rings. The number of nitrogens with zero attached hydrogens (tertiary/aromatic N) is 1. The maximum absolute atomic E-state index is 14.4. The fraction of sp³-hybridized carbons (Fsp3) is 0.333. The van der Waals surface area contributed by atoms with Crippen molar-refractivity contribution in [3.63, 3.8) is 0 Å². The lowest BCUT2D eigenvalue weighted by Crippen LogP contribution is -2.52. The van der Waals surface area contributed by atoms with E-state index in [1.54, 1.807) is 0 Å². The van der Waals surface area contributed by atoms with E-state index in [9.17, 15) is 36.2 Å². The average molecular weight is 588 g/mol. The van der Waals surface area contributed by atoms with Gasteiger partial charge in [-0.05, 0) is 67.1 Å². The lowest BCUT2D eigenvalue weighted by Gasteiger charge is -2.32. The Hall–Kier alpha value is -3.88. The zero-order valence-electron chi connectivity index (χ0n) is 21.8. The quantitative estimate of drug-likeness (QED) is 0.251. The number of carbonyl (C=O) groups excluding carboxylic acids is 1. The molecule has 0 radical (unpaired) electrons. The van der Waals surface area contributed by atoms with Crippen molar-refractivity contribution in [1.29, 1.82) is 0 Å². The van der Waals surface area contributed by atoms with E-state index in [1.165, 1.54) is 25.3 Å². The standard InChI is InChI=1S/C27H27F6N3O5/c1-25(34,24(29)30)17-12-19(15-3-6-18(28)7-4-15)36-22(13-17)26(39,27(31,32)33)14-35-23(38)16-5-8-20(41-10-9-37)21(11-16)40-2/h3-8,11-13,24,37,39H,9-10,14,34H2,1-2H3,(H,35,38). The molecular weight excluding hydrogens is 560 g/mol. The number of halogens is 6. The van der Waals surface area contributed by atoms with E-state index in [0.717, 1.165) is 37.3 Å². The molecule has 5 N–H and O–H groups in total. The molecule has 41 heavy (non-hydrogen) atoms. The minimum Gasteiger partial charge on any atom is -0.493 e. The summed E-state index contributed by atoms with van der Waals surface area (Å²) < 4.78 is 94.5. The Morgan fingerprint density at radius 3 is 2.29 bits per heavy atom. The summed E-state index contributed by atoms with van der Waals surface area (Å²) in [6, 6.07) is 9.60. The second-order valence-electron chi connectivity index (χ2n) is 9.20. The van der Waals surface area contributed by atoms with Crippen LogP contribution in [0.25, 0.3) is 11.3 Å². The lowest BCUT2D eigenvalue weighted by atomic mass is 9.88. The molecular formula is C27H27F6N3O5. The lowest BCUT2D eigenvalue weighted by molar-refractivity contribution is -0.265. The van der Waals surface area contributed by atoms with Crippen LogP contribution in [0, 0.1) is 5.82 Å². The van der Waals surface area contributed by atoms with Crippen molar-refractivity contribution in [3.8, 4) is 22.8 Å². The van der Waals surface area contributed by atoms with Gasteiger partial charge in [0.2, 0.25) is 5.60 Å². The summed E-state index contributed by atoms with van der Waals surface area (Å²) in [6.07, 6.45) is -8.68. The Kier molecular flexibility index (Phi) is 9.51. The Morgan fingerprint density at radius 2 is 1.73 bits per heavy atom. The molecule has 8 nitrogen and oxygen atoms in total. The van der Waals surface area contributed by atoms with Gasteiger partial charge in [-0.3, -0.25) is 4.79 Å². The highest BCUT2D eigenvalue weighted by Gasteiger charge is 2.57. The summed E-state index contributed by atoms with van der Waals surface area (Å²) in [6.45, 7) is -0.962. The number of ether oxygens (including phenoxy) is 2. The van der Waals surface area contributed by atoms with Crippen LogP contribution in [-0.2, 0) is 11.1 Å². The van der Waals surface area contributed by atoms with Gasteiger partial charge in [0.05, 0.1) is 37.2 Å². The number of nitrogens with one attached hydrogen (secondary N) is 1. The summed E-state index contributed by atoms with van der Waals surface area (Å²) in [5, 5.41) is 21.8. The molecule has 1 amide bonds. The van der Waals surface area contributed by atoms with Crippen LogP contribution in [0.2, 0.25) is 0 Å². The molecule has 3 rings (SSSR count). The summed E-state index contributed by atoms with van der Waals surface area (Å²) in [4.78, 5) is 16.6. The first-order valence-corrected chi connectivity index (χ1v) is 12.0. The monoisotopic (exact) mass is 587 g/mol. The minimum absolute atomic E-state index is 0.0460. The highest BCUT2D eigenvalue weighted by molar-refractivity contribution is 5.95. The number of nitrogens with two attached hydrogens (primary N) is 1. The first-order valence-electron chi connectivity index (χ1n) is 12.0. The Labute approximate surface area is 230 Å². The smallest absolute Gasteiger partial charge is 0.424 e. The highest BCUT2D eigenvalue weighted by Crippen LogP contribution is 2.40. The molecule has 2 unspecified atom stereocenters. The van der Waals surface area contributed by atoms with Gasteiger partial charge in [0.25, 0.3) is 12.3 Å². The number of benzene rings is 2. The predicted molar refractivity (Wildman–Crippen MR) is 135 cm³/mol. The van der Waals surface area contributed by atoms with Crippen LogP contribution in [0.3, 0.4) is 0 Å². The number of aliphatic hydroxyl groups excluding tert-OH is 1. The number of hydrogen-bond donors (Lipinski definition) is 4. The van der Waals surface area contributed by atoms with Crippen molar-refractivity contribution >= 4 is 5.91 Å². The molecule has 14 heteroatoms. The van der Waals surface area contributed by atoms with Crippen LogP contribution in [0.5, 0.6) is 11.5 Å². The van der Waals surface area contributed by atoms with Gasteiger partial charge < -0.3 is 30.7 Å². The molecule has 0 spiro atoms. The number of pyridine rings is 1. The SMILES string of the molecule is COc1cc(C(=O)NCC(O)(c2cc(C(C)(N)C(F)F)cc(-c3ccc(F)cc3)n2)C(F)(F)F)ccc1OCCO. The molecule has 2 aromatic carbocycles. The van der Waals surface area contributed by atoms with E-state index in [2.05, 4.69) is 4.98 Å². The first-order chi connectivity index (χ1) is 19.1. The van der Waals surface area contributed by atoms with Crippen LogP contribution >= 0.6 is 0 Å². The van der Waals surface area contributed by atoms with Gasteiger partial charge in [0.1, 0.15) is 12.4 Å². The molecule has 1 aromatic heterocycles. The average Bonchev–Trinajstić information content (AvgIpc) is 2.93. The van der Waals surface area contributed by atoms with Crippen LogP contribution in [-0.4, -0.2) is 60.6 Å². The van der Waals surface area contributed by atoms with Crippen LogP contribution in [0.15, 0.2) is 54.6 Å². The number of carbonyl (C=O) groups is 1. The van der Waals surface area contributed by atoms with Crippen LogP contribution in [0.1, 0.15) is 28.5 Å². The van der Waals surface area contributed by atoms with Crippen LogP contribution < -0.4 is 20.5 Å². The van der Waals surface area contributed by atoms with Crippen molar-refractivity contribution in [1.82, 2.24) is 10.3 Å². The minimum atomic E-state index is -5.46. The van der Waals surface area contributed by atoms with Crippen molar-refractivity contribution < 1.29 is 50.8 Å². The summed E-state index contributed by atoms with van der Waals surface area (Å²) >= 11 is 0. The van der Waals surface area contributed by atoms with Crippen molar-refractivity contribution in [2.45, 2.75) is 30.7 Å². The molecule has 0 saturated carbocycles. The highest BCUT2D eigenvalue weighted by atomic mass is 19.4. The second-order valence-corrected chi connectivity index (χ2v) is 9.20. The van der Waals surface area contributed by atoms with Crippen molar-refractivity contribution in [2.75, 3.05) is 26.9 Å². The third-order valence-electron chi connectivity index (χ3n) is 6.21. The summed E-state index contributed by atoms with van der Waals surface area (Å²) in [5.74, 6) is -1.51. The molecule has 0 aliphatic rings. The van der Waals surface area contributed by atoms with Gasteiger partial charge >= 0.3 is 6.18 Å². The number of hydrogen-bond acceptors (Lipinski definition) is 7. The van der Waals surface area contributed by atoms with E-state index in [4.69, 9.17) is 20.3 Å². The van der Waals surface area contributed by atoms with Gasteiger partial charge in [0, 0.05) is 11.1 Å². The first kappa shape index (κ1) is 31.6. The fourth-order valence-corrected chi connectivity index (χ4v) is 3.68. The van der Waals surface area contributed by atoms with Crippen molar-refractivity contribution in [3.05, 3.63) is 77.2 Å². The summed E-state index contributed by atoms with van der Waals surface area (Å²) in [5.41, 5.74) is -2.60. The predicted octanol–water partition coefficient (Wildman–Crippen LogP) is 3.89. The number of methoxy groups -OCH3 is 1. The molecule has 2 atom stereocenters. The Morgan fingerprint density at radius 1 is 1.07 bits per heavy atom. The fourth-order valence-electron chi connectivity index (χ4n) is 3.68. The van der Waals surface area contributed by atoms with Gasteiger partial charge in [-0.15, -0.1) is 0 Å². The van der Waals surface area contributed by atoms with Gasteiger partial charge in [0.15, 0.2) is 11.5 Å². The van der Waals surface area contributed by atoms with E-state index in [1.807, 2.05) is 5.32 Å². The molecule has 0 saturated heterocycles. The number of rotatable bonds is 11. The van der Waals surface area contributed by atoms with E-state index in [0.29, 0.717) is 6.07 Å². The van der Waals surface area contributed by atoms with Crippen LogP contribution in [0.4, 0.5) is 26.3 Å². The number of aromatic nitrogens is 1. The number of alkyl halides is 5. The number of aliphatic hydroxyl groups is 2. The molecule has 1 heterocycles. The topological polar surface area (TPSA) is 127 Å². The normalized spacial score (nSPS) is 14.7. The second kappa shape index (κ2) is 12.3. The molecule has 222 valence electrons. The molecule has 0 bridgehead atoms. The molecule has 0 aliphatic carbocycles. The molecule has 0 aliphatic heterocycles.